The van der Waals surface area contributed by atoms with Crippen molar-refractivity contribution in [2.75, 3.05) is 26.9 Å². The van der Waals surface area contributed by atoms with Crippen molar-refractivity contribution in [1.29, 1.82) is 0 Å². The van der Waals surface area contributed by atoms with Gasteiger partial charge in [-0.05, 0) is 56.4 Å². The number of ether oxygens (including phenoxy) is 3. The molecule has 6 nitrogen and oxygen atoms in total. The van der Waals surface area contributed by atoms with Crippen LogP contribution >= 0.6 is 0 Å². The summed E-state index contributed by atoms with van der Waals surface area (Å²) in [5, 5.41) is 0. The SMILES string of the molecule is COC(=O)[C@H]1CCCCN1C(=O)c1ccc(OC[C@H]2CCCO2)cc1. The van der Waals surface area contributed by atoms with Gasteiger partial charge in [0.1, 0.15) is 18.4 Å². The number of piperidine rings is 1. The number of hydrogen-bond donors (Lipinski definition) is 0. The number of hydrogen-bond acceptors (Lipinski definition) is 5. The molecule has 1 aromatic carbocycles. The number of carbonyl (C=O) groups is 2. The first-order valence-corrected chi connectivity index (χ1v) is 8.92. The zero-order valence-electron chi connectivity index (χ0n) is 14.6. The predicted molar refractivity (Wildman–Crippen MR) is 91.6 cm³/mol. The highest BCUT2D eigenvalue weighted by molar-refractivity contribution is 5.97. The molecule has 0 N–H and O–H groups in total. The molecular weight excluding hydrogens is 322 g/mol. The normalized spacial score (nSPS) is 23.3. The average Bonchev–Trinajstić information content (AvgIpc) is 3.19. The Morgan fingerprint density at radius 1 is 1.16 bits per heavy atom. The zero-order chi connectivity index (χ0) is 17.6. The lowest BCUT2D eigenvalue weighted by atomic mass is 10.0. The molecule has 25 heavy (non-hydrogen) atoms. The maximum Gasteiger partial charge on any atom is 0.328 e. The molecule has 6 heteroatoms. The lowest BCUT2D eigenvalue weighted by Crippen LogP contribution is -2.48. The number of amides is 1. The summed E-state index contributed by atoms with van der Waals surface area (Å²) in [7, 11) is 1.36. The van der Waals surface area contributed by atoms with E-state index in [0.717, 1.165) is 38.0 Å². The minimum Gasteiger partial charge on any atom is -0.491 e. The van der Waals surface area contributed by atoms with Crippen LogP contribution in [0.1, 0.15) is 42.5 Å². The number of carbonyl (C=O) groups excluding carboxylic acids is 2. The lowest BCUT2D eigenvalue weighted by molar-refractivity contribution is -0.147. The van der Waals surface area contributed by atoms with Crippen LogP contribution in [0.4, 0.5) is 0 Å². The number of likely N-dealkylation sites (tertiary alicyclic amines) is 1. The van der Waals surface area contributed by atoms with E-state index in [1.165, 1.54) is 7.11 Å². The van der Waals surface area contributed by atoms with E-state index in [1.54, 1.807) is 29.2 Å². The molecule has 2 aliphatic rings. The van der Waals surface area contributed by atoms with Gasteiger partial charge in [0.25, 0.3) is 5.91 Å². The highest BCUT2D eigenvalue weighted by atomic mass is 16.5. The van der Waals surface area contributed by atoms with Gasteiger partial charge in [-0.1, -0.05) is 0 Å². The molecule has 0 bridgehead atoms. The number of nitrogens with zero attached hydrogens (tertiary/aromatic N) is 1. The zero-order valence-corrected chi connectivity index (χ0v) is 14.6. The van der Waals surface area contributed by atoms with E-state index in [-0.39, 0.29) is 18.0 Å². The Bertz CT molecular complexity index is 594. The Labute approximate surface area is 148 Å². The average molecular weight is 347 g/mol. The van der Waals surface area contributed by atoms with Crippen LogP contribution in [-0.2, 0) is 14.3 Å². The molecule has 2 saturated heterocycles. The second kappa shape index (κ2) is 8.34. The summed E-state index contributed by atoms with van der Waals surface area (Å²) in [6.45, 7) is 1.92. The van der Waals surface area contributed by atoms with Crippen LogP contribution in [0.2, 0.25) is 0 Å². The minimum absolute atomic E-state index is 0.138. The molecule has 0 unspecified atom stereocenters. The minimum atomic E-state index is -0.485. The van der Waals surface area contributed by atoms with Crippen LogP contribution in [0.25, 0.3) is 0 Å². The van der Waals surface area contributed by atoms with E-state index in [4.69, 9.17) is 14.2 Å². The molecule has 0 saturated carbocycles. The highest BCUT2D eigenvalue weighted by Gasteiger charge is 2.33. The first-order chi connectivity index (χ1) is 12.2. The maximum absolute atomic E-state index is 12.8. The summed E-state index contributed by atoms with van der Waals surface area (Å²) < 4.78 is 16.1. The fraction of sp³-hybridized carbons (Fsp3) is 0.579. The Kier molecular flexibility index (Phi) is 5.91. The van der Waals surface area contributed by atoms with E-state index in [1.807, 2.05) is 0 Å². The van der Waals surface area contributed by atoms with Crippen molar-refractivity contribution in [1.82, 2.24) is 4.90 Å². The molecular formula is C19H25NO5. The van der Waals surface area contributed by atoms with Gasteiger partial charge in [0.15, 0.2) is 0 Å². The lowest BCUT2D eigenvalue weighted by Gasteiger charge is -2.33. The molecule has 2 heterocycles. The number of methoxy groups -OCH3 is 1. The molecule has 0 aliphatic carbocycles. The molecule has 0 radical (unpaired) electrons. The van der Waals surface area contributed by atoms with E-state index < -0.39 is 6.04 Å². The molecule has 1 aromatic rings. The Hall–Kier alpha value is -2.08. The van der Waals surface area contributed by atoms with Crippen molar-refractivity contribution in [3.05, 3.63) is 29.8 Å². The Morgan fingerprint density at radius 2 is 1.96 bits per heavy atom. The smallest absolute Gasteiger partial charge is 0.328 e. The van der Waals surface area contributed by atoms with E-state index >= 15 is 0 Å². The van der Waals surface area contributed by atoms with Crippen molar-refractivity contribution >= 4 is 11.9 Å². The summed E-state index contributed by atoms with van der Waals surface area (Å²) >= 11 is 0. The van der Waals surface area contributed by atoms with Crippen LogP contribution in [0, 0.1) is 0 Å². The van der Waals surface area contributed by atoms with Crippen LogP contribution in [0.5, 0.6) is 5.75 Å². The number of rotatable bonds is 5. The van der Waals surface area contributed by atoms with Crippen molar-refractivity contribution in [3.63, 3.8) is 0 Å². The third kappa shape index (κ3) is 4.31. The van der Waals surface area contributed by atoms with E-state index in [2.05, 4.69) is 0 Å². The summed E-state index contributed by atoms with van der Waals surface area (Å²) in [6, 6.07) is 6.59. The van der Waals surface area contributed by atoms with Gasteiger partial charge in [0.2, 0.25) is 0 Å². The summed E-state index contributed by atoms with van der Waals surface area (Å²) in [6.07, 6.45) is 4.76. The molecule has 136 valence electrons. The van der Waals surface area contributed by atoms with Gasteiger partial charge in [-0.15, -0.1) is 0 Å². The molecule has 0 spiro atoms. The molecule has 2 aliphatic heterocycles. The summed E-state index contributed by atoms with van der Waals surface area (Å²) in [4.78, 5) is 26.3. The second-order valence-electron chi connectivity index (χ2n) is 6.50. The van der Waals surface area contributed by atoms with Gasteiger partial charge in [-0.25, -0.2) is 4.79 Å². The molecule has 1 amide bonds. The largest absolute Gasteiger partial charge is 0.491 e. The topological polar surface area (TPSA) is 65.1 Å². The molecule has 2 atom stereocenters. The van der Waals surface area contributed by atoms with Crippen molar-refractivity contribution in [3.8, 4) is 5.75 Å². The van der Waals surface area contributed by atoms with Crippen LogP contribution in [-0.4, -0.2) is 55.8 Å². The van der Waals surface area contributed by atoms with Gasteiger partial charge < -0.3 is 19.1 Å². The summed E-state index contributed by atoms with van der Waals surface area (Å²) in [5.74, 6) is 0.237. The quantitative estimate of drug-likeness (QED) is 0.766. The van der Waals surface area contributed by atoms with Crippen molar-refractivity contribution in [2.24, 2.45) is 0 Å². The van der Waals surface area contributed by atoms with Gasteiger partial charge in [0.05, 0.1) is 13.2 Å². The second-order valence-corrected chi connectivity index (χ2v) is 6.50. The van der Waals surface area contributed by atoms with Gasteiger partial charge in [-0.2, -0.15) is 0 Å². The first-order valence-electron chi connectivity index (χ1n) is 8.92. The van der Waals surface area contributed by atoms with Crippen LogP contribution < -0.4 is 4.74 Å². The van der Waals surface area contributed by atoms with E-state index in [9.17, 15) is 9.59 Å². The first kappa shape index (κ1) is 17.7. The third-order valence-electron chi connectivity index (χ3n) is 4.80. The Balaban J connectivity index is 1.61. The van der Waals surface area contributed by atoms with Gasteiger partial charge in [0, 0.05) is 18.7 Å². The standard InChI is InChI=1S/C19H25NO5/c1-23-19(22)17-6-2-3-11-20(17)18(21)14-7-9-15(10-8-14)25-13-16-5-4-12-24-16/h7-10,16-17H,2-6,11-13H2,1H3/t16-,17-/m1/s1. The molecule has 3 rings (SSSR count). The third-order valence-corrected chi connectivity index (χ3v) is 4.80. The maximum atomic E-state index is 12.8. The number of benzene rings is 1. The highest BCUT2D eigenvalue weighted by Crippen LogP contribution is 2.22. The van der Waals surface area contributed by atoms with Crippen LogP contribution in [0.3, 0.4) is 0 Å². The number of esters is 1. The Morgan fingerprint density at radius 3 is 2.64 bits per heavy atom. The van der Waals surface area contributed by atoms with Gasteiger partial charge >= 0.3 is 5.97 Å². The molecule has 2 fully saturated rings. The fourth-order valence-electron chi connectivity index (χ4n) is 3.38. The van der Waals surface area contributed by atoms with Gasteiger partial charge in [-0.3, -0.25) is 4.79 Å². The predicted octanol–water partition coefficient (Wildman–Crippen LogP) is 2.41. The molecule has 0 aromatic heterocycles. The summed E-state index contributed by atoms with van der Waals surface area (Å²) in [5.41, 5.74) is 0.556. The monoisotopic (exact) mass is 347 g/mol. The fourth-order valence-corrected chi connectivity index (χ4v) is 3.38. The van der Waals surface area contributed by atoms with Crippen molar-refractivity contribution < 1.29 is 23.8 Å². The van der Waals surface area contributed by atoms with Crippen LogP contribution in [0.15, 0.2) is 24.3 Å². The van der Waals surface area contributed by atoms with E-state index in [0.29, 0.717) is 25.1 Å². The van der Waals surface area contributed by atoms with Crippen molar-refractivity contribution in [2.45, 2.75) is 44.2 Å².